The summed E-state index contributed by atoms with van der Waals surface area (Å²) in [7, 11) is 2.01. The number of aryl methyl sites for hydroxylation is 1. The van der Waals surface area contributed by atoms with Gasteiger partial charge >= 0.3 is 6.18 Å². The fourth-order valence-electron chi connectivity index (χ4n) is 4.29. The third-order valence-electron chi connectivity index (χ3n) is 5.79. The maximum atomic E-state index is 13.0. The predicted molar refractivity (Wildman–Crippen MR) is 102 cm³/mol. The smallest absolute Gasteiger partial charge is 0.416 e. The number of hydrogen-bond donors (Lipinski definition) is 2. The van der Waals surface area contributed by atoms with Gasteiger partial charge in [0.1, 0.15) is 5.75 Å². The second kappa shape index (κ2) is 7.14. The Hall–Kier alpha value is -2.39. The molecule has 3 heterocycles. The first kappa shape index (κ1) is 19.9. The van der Waals surface area contributed by atoms with E-state index in [1.165, 1.54) is 6.92 Å². The Morgan fingerprint density at radius 2 is 1.90 bits per heavy atom. The van der Waals surface area contributed by atoms with Crippen LogP contribution in [0.15, 0.2) is 18.2 Å². The molecule has 1 fully saturated rings. The Kier molecular flexibility index (Phi) is 4.90. The maximum absolute atomic E-state index is 13.0. The van der Waals surface area contributed by atoms with E-state index >= 15 is 0 Å². The Bertz CT molecular complexity index is 911. The highest BCUT2D eigenvalue weighted by atomic mass is 19.4. The molecule has 2 N–H and O–H groups in total. The lowest BCUT2D eigenvalue weighted by atomic mass is 9.99. The van der Waals surface area contributed by atoms with Gasteiger partial charge in [0.05, 0.1) is 23.4 Å². The molecule has 0 amide bonds. The minimum Gasteiger partial charge on any atom is -0.507 e. The molecule has 1 saturated heterocycles. The summed E-state index contributed by atoms with van der Waals surface area (Å²) in [5.41, 5.74) is 0.895. The summed E-state index contributed by atoms with van der Waals surface area (Å²) in [5, 5.41) is 29.2. The molecular formula is C20H23F3N4O2. The molecule has 0 radical (unpaired) electrons. The summed E-state index contributed by atoms with van der Waals surface area (Å²) in [6.45, 7) is 3.78. The standard InChI is InChI=1S/C20H23F3N4O2/c1-11-7-13(20(21,22)23)9-17(29)18(11)14-8-12-3-6-27(19(12)25-24-14)15-10-26(2)5-4-16(15)28/h7-9,15-16,28-29H,3-6,10H2,1-2H3/t15-,16+/m0/s1. The van der Waals surface area contributed by atoms with Gasteiger partial charge in [0.15, 0.2) is 5.82 Å². The lowest BCUT2D eigenvalue weighted by Crippen LogP contribution is -2.54. The first-order valence-corrected chi connectivity index (χ1v) is 9.56. The Balaban J connectivity index is 1.67. The van der Waals surface area contributed by atoms with Gasteiger partial charge in [0.2, 0.25) is 0 Å². The van der Waals surface area contributed by atoms with E-state index in [-0.39, 0.29) is 17.2 Å². The van der Waals surface area contributed by atoms with E-state index < -0.39 is 23.6 Å². The van der Waals surface area contributed by atoms with Crippen LogP contribution in [0.1, 0.15) is 23.1 Å². The minimum atomic E-state index is -4.53. The summed E-state index contributed by atoms with van der Waals surface area (Å²) in [4.78, 5) is 4.23. The SMILES string of the molecule is Cc1cc(C(F)(F)F)cc(O)c1-c1cc2c(nn1)N([C@H]1CN(C)CC[C@H]1O)CC2. The van der Waals surface area contributed by atoms with Crippen LogP contribution in [0, 0.1) is 6.92 Å². The zero-order valence-corrected chi connectivity index (χ0v) is 16.2. The number of likely N-dealkylation sites (tertiary alicyclic amines) is 1. The number of fused-ring (bicyclic) bond motifs is 1. The molecule has 1 aromatic heterocycles. The van der Waals surface area contributed by atoms with Crippen LogP contribution >= 0.6 is 0 Å². The van der Waals surface area contributed by atoms with Crippen molar-refractivity contribution in [2.24, 2.45) is 0 Å². The molecule has 2 aliphatic rings. The molecular weight excluding hydrogens is 385 g/mol. The van der Waals surface area contributed by atoms with E-state index in [1.54, 1.807) is 6.07 Å². The van der Waals surface area contributed by atoms with Gasteiger partial charge in [-0.15, -0.1) is 10.2 Å². The molecule has 6 nitrogen and oxygen atoms in total. The zero-order valence-electron chi connectivity index (χ0n) is 16.2. The average molecular weight is 408 g/mol. The molecule has 2 atom stereocenters. The predicted octanol–water partition coefficient (Wildman–Crippen LogP) is 2.60. The van der Waals surface area contributed by atoms with Gasteiger partial charge in [-0.05, 0) is 50.6 Å². The van der Waals surface area contributed by atoms with E-state index in [9.17, 15) is 23.4 Å². The number of likely N-dealkylation sites (N-methyl/N-ethyl adjacent to an activating group) is 1. The van der Waals surface area contributed by atoms with Crippen molar-refractivity contribution in [2.45, 2.75) is 38.1 Å². The van der Waals surface area contributed by atoms with Crippen LogP contribution in [-0.4, -0.2) is 64.1 Å². The molecule has 4 rings (SSSR count). The van der Waals surface area contributed by atoms with Gasteiger partial charge in [-0.3, -0.25) is 0 Å². The highest BCUT2D eigenvalue weighted by molar-refractivity contribution is 5.73. The van der Waals surface area contributed by atoms with Crippen molar-refractivity contribution in [3.05, 3.63) is 34.9 Å². The highest BCUT2D eigenvalue weighted by Crippen LogP contribution is 2.40. The van der Waals surface area contributed by atoms with E-state index in [0.717, 1.165) is 30.8 Å². The summed E-state index contributed by atoms with van der Waals surface area (Å²) in [5.74, 6) is 0.225. The first-order valence-electron chi connectivity index (χ1n) is 9.56. The van der Waals surface area contributed by atoms with Crippen molar-refractivity contribution < 1.29 is 23.4 Å². The Labute approximate surface area is 166 Å². The van der Waals surface area contributed by atoms with Gasteiger partial charge in [-0.2, -0.15) is 13.2 Å². The summed E-state index contributed by atoms with van der Waals surface area (Å²) >= 11 is 0. The number of aromatic nitrogens is 2. The third-order valence-corrected chi connectivity index (χ3v) is 5.79. The average Bonchev–Trinajstić information content (AvgIpc) is 3.05. The van der Waals surface area contributed by atoms with E-state index in [4.69, 9.17) is 0 Å². The van der Waals surface area contributed by atoms with Crippen LogP contribution in [0.3, 0.4) is 0 Å². The molecule has 0 spiro atoms. The number of hydrogen-bond acceptors (Lipinski definition) is 6. The number of aliphatic hydroxyl groups is 1. The number of aromatic hydroxyl groups is 1. The number of aliphatic hydroxyl groups excluding tert-OH is 1. The number of piperidine rings is 1. The van der Waals surface area contributed by atoms with Crippen LogP contribution < -0.4 is 4.90 Å². The Morgan fingerprint density at radius 3 is 2.59 bits per heavy atom. The largest absolute Gasteiger partial charge is 0.507 e. The van der Waals surface area contributed by atoms with Crippen molar-refractivity contribution in [1.29, 1.82) is 0 Å². The second-order valence-corrected chi connectivity index (χ2v) is 7.89. The van der Waals surface area contributed by atoms with Gasteiger partial charge in [-0.1, -0.05) is 0 Å². The molecule has 2 aromatic rings. The molecule has 1 aromatic carbocycles. The molecule has 29 heavy (non-hydrogen) atoms. The van der Waals surface area contributed by atoms with Gasteiger partial charge < -0.3 is 20.0 Å². The van der Waals surface area contributed by atoms with Crippen LogP contribution in [0.4, 0.5) is 19.0 Å². The number of phenolic OH excluding ortho intramolecular Hbond substituents is 1. The summed E-state index contributed by atoms with van der Waals surface area (Å²) in [6.07, 6.45) is -3.58. The molecule has 0 saturated carbocycles. The molecule has 0 unspecified atom stereocenters. The first-order chi connectivity index (χ1) is 13.6. The molecule has 156 valence electrons. The number of nitrogens with zero attached hydrogens (tertiary/aromatic N) is 4. The van der Waals surface area contributed by atoms with Gasteiger partial charge in [0, 0.05) is 30.8 Å². The third kappa shape index (κ3) is 3.64. The number of benzene rings is 1. The zero-order chi connectivity index (χ0) is 20.9. The van der Waals surface area contributed by atoms with E-state index in [2.05, 4.69) is 20.0 Å². The summed E-state index contributed by atoms with van der Waals surface area (Å²) < 4.78 is 38.9. The number of anilines is 1. The van der Waals surface area contributed by atoms with Crippen molar-refractivity contribution >= 4 is 5.82 Å². The van der Waals surface area contributed by atoms with Crippen molar-refractivity contribution in [3.63, 3.8) is 0 Å². The van der Waals surface area contributed by atoms with Crippen LogP contribution in [0.2, 0.25) is 0 Å². The van der Waals surface area contributed by atoms with Crippen molar-refractivity contribution in [1.82, 2.24) is 15.1 Å². The maximum Gasteiger partial charge on any atom is 0.416 e. The van der Waals surface area contributed by atoms with Gasteiger partial charge in [-0.25, -0.2) is 0 Å². The van der Waals surface area contributed by atoms with Gasteiger partial charge in [0.25, 0.3) is 0 Å². The minimum absolute atomic E-state index is 0.0728. The van der Waals surface area contributed by atoms with Crippen LogP contribution in [-0.2, 0) is 12.6 Å². The number of alkyl halides is 3. The monoisotopic (exact) mass is 408 g/mol. The van der Waals surface area contributed by atoms with E-state index in [0.29, 0.717) is 30.9 Å². The molecule has 9 heteroatoms. The van der Waals surface area contributed by atoms with Crippen molar-refractivity contribution in [2.75, 3.05) is 31.6 Å². The topological polar surface area (TPSA) is 72.7 Å². The second-order valence-electron chi connectivity index (χ2n) is 7.89. The number of phenols is 1. The molecule has 0 bridgehead atoms. The van der Waals surface area contributed by atoms with Crippen LogP contribution in [0.5, 0.6) is 5.75 Å². The van der Waals surface area contributed by atoms with E-state index in [1.807, 2.05) is 7.05 Å². The number of rotatable bonds is 2. The normalized spacial score (nSPS) is 22.8. The lowest BCUT2D eigenvalue weighted by molar-refractivity contribution is -0.137. The van der Waals surface area contributed by atoms with Crippen LogP contribution in [0.25, 0.3) is 11.3 Å². The fraction of sp³-hybridized carbons (Fsp3) is 0.500. The molecule has 2 aliphatic heterocycles. The fourth-order valence-corrected chi connectivity index (χ4v) is 4.29. The number of halogens is 3. The highest BCUT2D eigenvalue weighted by Gasteiger charge is 2.36. The lowest BCUT2D eigenvalue weighted by Gasteiger charge is -2.39. The molecule has 0 aliphatic carbocycles. The summed E-state index contributed by atoms with van der Waals surface area (Å²) in [6, 6.07) is 3.43. The Morgan fingerprint density at radius 1 is 1.14 bits per heavy atom. The van der Waals surface area contributed by atoms with Crippen molar-refractivity contribution in [3.8, 4) is 17.0 Å². The quantitative estimate of drug-likeness (QED) is 0.796.